The van der Waals surface area contributed by atoms with Crippen molar-refractivity contribution in [2.24, 2.45) is 0 Å². The molecule has 2 aromatic heterocycles. The molecule has 0 atom stereocenters. The van der Waals surface area contributed by atoms with E-state index in [0.717, 1.165) is 15.9 Å². The molecule has 4 amide bonds. The Labute approximate surface area is 152 Å². The fourth-order valence-corrected chi connectivity index (χ4v) is 2.68. The van der Waals surface area contributed by atoms with Crippen molar-refractivity contribution in [3.8, 4) is 0 Å². The Hall–Kier alpha value is -3.09. The average molecular weight is 402 g/mol. The maximum absolute atomic E-state index is 12.4. The predicted octanol–water partition coefficient (Wildman–Crippen LogP) is 2.27. The maximum Gasteiger partial charge on any atom is 0.470 e. The molecule has 0 aliphatic carbocycles. The molecule has 0 radical (unpaired) electrons. The van der Waals surface area contributed by atoms with E-state index in [1.807, 2.05) is 0 Å². The first-order chi connectivity index (χ1) is 12.6. The van der Waals surface area contributed by atoms with Crippen LogP contribution in [0.3, 0.4) is 0 Å². The summed E-state index contributed by atoms with van der Waals surface area (Å²) in [6.07, 6.45) is -3.63. The van der Waals surface area contributed by atoms with Gasteiger partial charge in [0.05, 0.1) is 0 Å². The molecule has 3 heterocycles. The van der Waals surface area contributed by atoms with Gasteiger partial charge in [-0.15, -0.1) is 10.2 Å². The van der Waals surface area contributed by atoms with Crippen LogP contribution in [0.15, 0.2) is 36.9 Å². The minimum absolute atomic E-state index is 0.0703. The summed E-state index contributed by atoms with van der Waals surface area (Å²) >= 11 is 0.629. The fourth-order valence-electron chi connectivity index (χ4n) is 2.04. The van der Waals surface area contributed by atoms with Gasteiger partial charge in [-0.2, -0.15) is 13.2 Å². The van der Waals surface area contributed by atoms with Crippen LogP contribution in [0.25, 0.3) is 6.08 Å². The summed E-state index contributed by atoms with van der Waals surface area (Å²) < 4.78 is 47.1. The second-order valence-electron chi connectivity index (χ2n) is 5.20. The molecule has 0 N–H and O–H groups in total. The lowest BCUT2D eigenvalue weighted by molar-refractivity contribution is -0.158. The number of barbiturate groups is 1. The molecule has 0 saturated carbocycles. The molecule has 13 heteroatoms. The molecule has 27 heavy (non-hydrogen) atoms. The smallest absolute Gasteiger partial charge is 0.450 e. The predicted molar refractivity (Wildman–Crippen MR) is 81.0 cm³/mol. The minimum atomic E-state index is -4.76. The standard InChI is InChI=1S/C14H9F3N4O5S/c1-20-9(22)7(10(23)21(2)13(20)24)5-6-3-4-8(25-6)27-12-19-18-11(26-12)14(15,16)17/h3-5H,1-2H3. The summed E-state index contributed by atoms with van der Waals surface area (Å²) in [4.78, 5) is 37.4. The normalized spacial score (nSPS) is 15.7. The van der Waals surface area contributed by atoms with Gasteiger partial charge in [0.2, 0.25) is 0 Å². The van der Waals surface area contributed by atoms with E-state index in [-0.39, 0.29) is 16.4 Å². The number of imide groups is 2. The molecular formula is C14H9F3N4O5S. The largest absolute Gasteiger partial charge is 0.470 e. The summed E-state index contributed by atoms with van der Waals surface area (Å²) in [5.74, 6) is -3.03. The van der Waals surface area contributed by atoms with Gasteiger partial charge in [0, 0.05) is 25.9 Å². The Kier molecular flexibility index (Phi) is 4.55. The monoisotopic (exact) mass is 402 g/mol. The number of furan rings is 1. The number of carbonyl (C=O) groups is 3. The first-order valence-corrected chi connectivity index (χ1v) is 7.89. The third-order valence-electron chi connectivity index (χ3n) is 3.37. The van der Waals surface area contributed by atoms with E-state index in [2.05, 4.69) is 14.6 Å². The highest BCUT2D eigenvalue weighted by Crippen LogP contribution is 2.33. The summed E-state index contributed by atoms with van der Waals surface area (Å²) in [5, 5.41) is 5.82. The zero-order chi connectivity index (χ0) is 19.9. The second-order valence-corrected chi connectivity index (χ2v) is 6.15. The number of nitrogens with zero attached hydrogens (tertiary/aromatic N) is 4. The number of aromatic nitrogens is 2. The first-order valence-electron chi connectivity index (χ1n) is 7.08. The van der Waals surface area contributed by atoms with Crippen molar-refractivity contribution in [1.82, 2.24) is 20.0 Å². The lowest BCUT2D eigenvalue weighted by atomic mass is 10.1. The van der Waals surface area contributed by atoms with Crippen LogP contribution < -0.4 is 0 Å². The quantitative estimate of drug-likeness (QED) is 0.568. The highest BCUT2D eigenvalue weighted by molar-refractivity contribution is 7.99. The summed E-state index contributed by atoms with van der Waals surface area (Å²) in [5.41, 5.74) is -0.303. The summed E-state index contributed by atoms with van der Waals surface area (Å²) in [6.45, 7) is 0. The van der Waals surface area contributed by atoms with Gasteiger partial charge in [0.15, 0.2) is 5.09 Å². The van der Waals surface area contributed by atoms with Gasteiger partial charge < -0.3 is 8.83 Å². The highest BCUT2D eigenvalue weighted by Gasteiger charge is 2.39. The van der Waals surface area contributed by atoms with Crippen LogP contribution in [0.5, 0.6) is 0 Å². The van der Waals surface area contributed by atoms with Crippen LogP contribution in [-0.2, 0) is 15.8 Å². The van der Waals surface area contributed by atoms with E-state index in [0.29, 0.717) is 11.8 Å². The second kappa shape index (κ2) is 6.57. The molecule has 0 unspecified atom stereocenters. The Balaban J connectivity index is 1.80. The molecule has 1 aliphatic heterocycles. The average Bonchev–Trinajstić information content (AvgIpc) is 3.25. The van der Waals surface area contributed by atoms with Gasteiger partial charge in [0.25, 0.3) is 17.0 Å². The number of rotatable bonds is 3. The third-order valence-corrected chi connectivity index (χ3v) is 4.13. The van der Waals surface area contributed by atoms with E-state index in [1.165, 1.54) is 26.2 Å². The summed E-state index contributed by atoms with van der Waals surface area (Å²) in [7, 11) is 2.44. The molecule has 1 fully saturated rings. The van der Waals surface area contributed by atoms with Gasteiger partial charge >= 0.3 is 18.1 Å². The van der Waals surface area contributed by atoms with Crippen molar-refractivity contribution >= 4 is 35.7 Å². The number of carbonyl (C=O) groups excluding carboxylic acids is 3. The van der Waals surface area contributed by atoms with Crippen LogP contribution >= 0.6 is 11.8 Å². The van der Waals surface area contributed by atoms with Crippen LogP contribution in [-0.4, -0.2) is 51.9 Å². The molecule has 1 saturated heterocycles. The fraction of sp³-hybridized carbons (Fsp3) is 0.214. The van der Waals surface area contributed by atoms with Crippen LogP contribution in [0.1, 0.15) is 11.7 Å². The number of halogens is 3. The molecule has 142 valence electrons. The lowest BCUT2D eigenvalue weighted by Crippen LogP contribution is -2.52. The van der Waals surface area contributed by atoms with Gasteiger partial charge in [-0.25, -0.2) is 4.79 Å². The molecule has 0 spiro atoms. The number of alkyl halides is 3. The van der Waals surface area contributed by atoms with Crippen molar-refractivity contribution in [2.45, 2.75) is 16.5 Å². The molecular weight excluding hydrogens is 393 g/mol. The van der Waals surface area contributed by atoms with Crippen molar-refractivity contribution < 1.29 is 36.4 Å². The van der Waals surface area contributed by atoms with Crippen LogP contribution in [0.2, 0.25) is 0 Å². The zero-order valence-corrected chi connectivity index (χ0v) is 14.4. The SMILES string of the molecule is CN1C(=O)C(=Cc2ccc(Sc3nnc(C(F)(F)F)o3)o2)C(=O)N(C)C1=O. The minimum Gasteiger partial charge on any atom is -0.450 e. The van der Waals surface area contributed by atoms with Gasteiger partial charge in [-0.1, -0.05) is 0 Å². The number of urea groups is 1. The molecule has 0 aromatic carbocycles. The van der Waals surface area contributed by atoms with E-state index in [9.17, 15) is 27.6 Å². The lowest BCUT2D eigenvalue weighted by Gasteiger charge is -2.28. The Morgan fingerprint density at radius 1 is 1.04 bits per heavy atom. The molecule has 2 aromatic rings. The Morgan fingerprint density at radius 2 is 1.67 bits per heavy atom. The van der Waals surface area contributed by atoms with Crippen molar-refractivity contribution in [3.05, 3.63) is 29.4 Å². The van der Waals surface area contributed by atoms with Crippen molar-refractivity contribution in [1.29, 1.82) is 0 Å². The Bertz CT molecular complexity index is 938. The van der Waals surface area contributed by atoms with E-state index < -0.39 is 35.1 Å². The van der Waals surface area contributed by atoms with E-state index in [4.69, 9.17) is 4.42 Å². The third kappa shape index (κ3) is 3.58. The number of amides is 4. The highest BCUT2D eigenvalue weighted by atomic mass is 32.2. The molecule has 1 aliphatic rings. The Morgan fingerprint density at radius 3 is 2.22 bits per heavy atom. The molecule has 9 nitrogen and oxygen atoms in total. The maximum atomic E-state index is 12.4. The number of hydrogen-bond acceptors (Lipinski definition) is 8. The molecule has 3 rings (SSSR count). The van der Waals surface area contributed by atoms with Gasteiger partial charge in [0.1, 0.15) is 11.3 Å². The van der Waals surface area contributed by atoms with Crippen LogP contribution in [0, 0.1) is 0 Å². The molecule has 0 bridgehead atoms. The zero-order valence-electron chi connectivity index (χ0n) is 13.6. The van der Waals surface area contributed by atoms with Gasteiger partial charge in [-0.3, -0.25) is 19.4 Å². The van der Waals surface area contributed by atoms with E-state index >= 15 is 0 Å². The first kappa shape index (κ1) is 18.7. The topological polar surface area (TPSA) is 110 Å². The number of likely N-dealkylation sites (N-methyl/N-ethyl adjacent to an activating group) is 2. The van der Waals surface area contributed by atoms with Crippen LogP contribution in [0.4, 0.5) is 18.0 Å². The van der Waals surface area contributed by atoms with E-state index in [1.54, 1.807) is 0 Å². The van der Waals surface area contributed by atoms with Crippen molar-refractivity contribution in [2.75, 3.05) is 14.1 Å². The van der Waals surface area contributed by atoms with Crippen molar-refractivity contribution in [3.63, 3.8) is 0 Å². The number of hydrogen-bond donors (Lipinski definition) is 0. The summed E-state index contributed by atoms with van der Waals surface area (Å²) in [6, 6.07) is 1.99. The van der Waals surface area contributed by atoms with Gasteiger partial charge in [-0.05, 0) is 18.2 Å².